The molecule has 1 aromatic rings. The number of ether oxygens (including phenoxy) is 2. The monoisotopic (exact) mass is 284 g/mol. The van der Waals surface area contributed by atoms with Gasteiger partial charge in [0.2, 0.25) is 0 Å². The van der Waals surface area contributed by atoms with Crippen LogP contribution in [0.2, 0.25) is 0 Å². The molecule has 19 heavy (non-hydrogen) atoms. The van der Waals surface area contributed by atoms with Gasteiger partial charge in [-0.2, -0.15) is 0 Å². The molecule has 0 saturated heterocycles. The SMILES string of the molecule is CCCOC(=O)c1ccccc1C(=O)OC(Cl)CC. The largest absolute Gasteiger partial charge is 0.462 e. The van der Waals surface area contributed by atoms with E-state index in [1.54, 1.807) is 19.1 Å². The molecule has 1 rings (SSSR count). The van der Waals surface area contributed by atoms with Crippen molar-refractivity contribution in [3.05, 3.63) is 35.4 Å². The lowest BCUT2D eigenvalue weighted by atomic mass is 10.1. The van der Waals surface area contributed by atoms with Crippen LogP contribution in [0.5, 0.6) is 0 Å². The average Bonchev–Trinajstić information content (AvgIpc) is 2.44. The van der Waals surface area contributed by atoms with Gasteiger partial charge in [-0.05, 0) is 25.0 Å². The zero-order valence-corrected chi connectivity index (χ0v) is 11.8. The summed E-state index contributed by atoms with van der Waals surface area (Å²) in [5.74, 6) is -1.15. The van der Waals surface area contributed by atoms with E-state index in [0.717, 1.165) is 6.42 Å². The number of hydrogen-bond acceptors (Lipinski definition) is 4. The fourth-order valence-electron chi connectivity index (χ4n) is 1.37. The maximum absolute atomic E-state index is 11.9. The lowest BCUT2D eigenvalue weighted by molar-refractivity contribution is 0.0417. The van der Waals surface area contributed by atoms with Gasteiger partial charge in [-0.3, -0.25) is 0 Å². The Morgan fingerprint density at radius 1 is 1.16 bits per heavy atom. The number of carbonyl (C=O) groups is 2. The zero-order valence-electron chi connectivity index (χ0n) is 11.0. The summed E-state index contributed by atoms with van der Waals surface area (Å²) in [6.45, 7) is 4.01. The molecule has 4 nitrogen and oxygen atoms in total. The normalized spacial score (nSPS) is 11.7. The van der Waals surface area contributed by atoms with Crippen molar-refractivity contribution < 1.29 is 19.1 Å². The first kappa shape index (κ1) is 15.5. The van der Waals surface area contributed by atoms with E-state index in [-0.39, 0.29) is 11.1 Å². The maximum Gasteiger partial charge on any atom is 0.340 e. The van der Waals surface area contributed by atoms with Crippen molar-refractivity contribution in [1.82, 2.24) is 0 Å². The first-order chi connectivity index (χ1) is 9.10. The Kier molecular flexibility index (Phi) is 6.36. The first-order valence-corrected chi connectivity index (χ1v) is 6.65. The van der Waals surface area contributed by atoms with Crippen LogP contribution < -0.4 is 0 Å². The van der Waals surface area contributed by atoms with E-state index in [4.69, 9.17) is 21.1 Å². The maximum atomic E-state index is 11.9. The second-order valence-electron chi connectivity index (χ2n) is 3.91. The van der Waals surface area contributed by atoms with Gasteiger partial charge in [0.1, 0.15) is 0 Å². The van der Waals surface area contributed by atoms with Gasteiger partial charge in [-0.1, -0.05) is 37.6 Å². The smallest absolute Gasteiger partial charge is 0.340 e. The van der Waals surface area contributed by atoms with E-state index in [1.165, 1.54) is 12.1 Å². The number of hydrogen-bond donors (Lipinski definition) is 0. The number of halogens is 1. The Balaban J connectivity index is 2.89. The van der Waals surface area contributed by atoms with Crippen molar-refractivity contribution in [2.24, 2.45) is 0 Å². The minimum Gasteiger partial charge on any atom is -0.462 e. The molecular weight excluding hydrogens is 268 g/mol. The number of rotatable bonds is 6. The summed E-state index contributed by atoms with van der Waals surface area (Å²) in [4.78, 5) is 23.7. The Morgan fingerprint density at radius 2 is 1.74 bits per heavy atom. The van der Waals surface area contributed by atoms with Crippen LogP contribution >= 0.6 is 11.6 Å². The van der Waals surface area contributed by atoms with E-state index in [0.29, 0.717) is 13.0 Å². The molecule has 1 atom stereocenters. The van der Waals surface area contributed by atoms with Gasteiger partial charge in [-0.15, -0.1) is 0 Å². The standard InChI is InChI=1S/C14H17ClO4/c1-3-9-18-13(16)10-7-5-6-8-11(10)14(17)19-12(15)4-2/h5-8,12H,3-4,9H2,1-2H3. The highest BCUT2D eigenvalue weighted by Crippen LogP contribution is 2.15. The van der Waals surface area contributed by atoms with Crippen molar-refractivity contribution in [2.75, 3.05) is 6.61 Å². The molecule has 0 bridgehead atoms. The fourth-order valence-corrected chi connectivity index (χ4v) is 1.46. The molecule has 104 valence electrons. The van der Waals surface area contributed by atoms with Crippen LogP contribution in [0.15, 0.2) is 24.3 Å². The molecule has 1 unspecified atom stereocenters. The topological polar surface area (TPSA) is 52.6 Å². The number of carbonyl (C=O) groups excluding carboxylic acids is 2. The van der Waals surface area contributed by atoms with E-state index in [1.807, 2.05) is 6.92 Å². The minimum atomic E-state index is -0.702. The second kappa shape index (κ2) is 7.79. The van der Waals surface area contributed by atoms with Gasteiger partial charge in [0, 0.05) is 0 Å². The molecule has 0 spiro atoms. The van der Waals surface area contributed by atoms with Crippen molar-refractivity contribution in [3.8, 4) is 0 Å². The van der Waals surface area contributed by atoms with E-state index in [9.17, 15) is 9.59 Å². The third kappa shape index (κ3) is 4.56. The highest BCUT2D eigenvalue weighted by molar-refractivity contribution is 6.20. The molecule has 0 heterocycles. The van der Waals surface area contributed by atoms with Crippen LogP contribution in [0.3, 0.4) is 0 Å². The van der Waals surface area contributed by atoms with Crippen LogP contribution in [0.1, 0.15) is 47.4 Å². The average molecular weight is 285 g/mol. The molecule has 1 aromatic carbocycles. The highest BCUT2D eigenvalue weighted by Gasteiger charge is 2.20. The molecule has 0 aliphatic heterocycles. The summed E-state index contributed by atoms with van der Waals surface area (Å²) in [5.41, 5.74) is -0.337. The van der Waals surface area contributed by atoms with Crippen molar-refractivity contribution >= 4 is 23.5 Å². The predicted molar refractivity (Wildman–Crippen MR) is 72.4 cm³/mol. The molecule has 0 amide bonds. The molecule has 0 aliphatic rings. The molecule has 0 aliphatic carbocycles. The summed E-state index contributed by atoms with van der Waals surface area (Å²) in [6.07, 6.45) is 1.22. The summed E-state index contributed by atoms with van der Waals surface area (Å²) in [7, 11) is 0. The summed E-state index contributed by atoms with van der Waals surface area (Å²) in [5, 5.41) is 0. The molecule has 0 fully saturated rings. The highest BCUT2D eigenvalue weighted by atomic mass is 35.5. The minimum absolute atomic E-state index is 0.169. The molecule has 0 N–H and O–H groups in total. The van der Waals surface area contributed by atoms with Gasteiger partial charge in [-0.25, -0.2) is 9.59 Å². The molecule has 0 saturated carbocycles. The Hall–Kier alpha value is -1.55. The van der Waals surface area contributed by atoms with Crippen molar-refractivity contribution in [2.45, 2.75) is 32.3 Å². The third-order valence-corrected chi connectivity index (χ3v) is 2.76. The number of benzene rings is 1. The van der Waals surface area contributed by atoms with Crippen LogP contribution in [0.4, 0.5) is 0 Å². The molecule has 5 heteroatoms. The third-order valence-electron chi connectivity index (χ3n) is 2.36. The Labute approximate surface area is 117 Å². The summed E-state index contributed by atoms with van der Waals surface area (Å²) < 4.78 is 10.0. The summed E-state index contributed by atoms with van der Waals surface area (Å²) in [6, 6.07) is 6.37. The van der Waals surface area contributed by atoms with Gasteiger partial charge >= 0.3 is 11.9 Å². The molecule has 0 aromatic heterocycles. The second-order valence-corrected chi connectivity index (χ2v) is 4.39. The quantitative estimate of drug-likeness (QED) is 0.593. The van der Waals surface area contributed by atoms with Crippen molar-refractivity contribution in [3.63, 3.8) is 0 Å². The van der Waals surface area contributed by atoms with E-state index < -0.39 is 17.5 Å². The predicted octanol–water partition coefficient (Wildman–Crippen LogP) is 3.39. The van der Waals surface area contributed by atoms with E-state index >= 15 is 0 Å². The lowest BCUT2D eigenvalue weighted by Gasteiger charge is -2.11. The van der Waals surface area contributed by atoms with Crippen LogP contribution in [-0.2, 0) is 9.47 Å². The van der Waals surface area contributed by atoms with Crippen molar-refractivity contribution in [1.29, 1.82) is 0 Å². The lowest BCUT2D eigenvalue weighted by Crippen LogP contribution is -2.17. The van der Waals surface area contributed by atoms with Gasteiger partial charge in [0.15, 0.2) is 5.56 Å². The van der Waals surface area contributed by atoms with Gasteiger partial charge < -0.3 is 9.47 Å². The molecular formula is C14H17ClO4. The Bertz CT molecular complexity index is 445. The first-order valence-electron chi connectivity index (χ1n) is 6.21. The Morgan fingerprint density at radius 3 is 2.26 bits per heavy atom. The summed E-state index contributed by atoms with van der Waals surface area (Å²) >= 11 is 5.77. The number of alkyl halides is 1. The molecule has 0 radical (unpaired) electrons. The van der Waals surface area contributed by atoms with Gasteiger partial charge in [0.05, 0.1) is 17.7 Å². The van der Waals surface area contributed by atoms with E-state index in [2.05, 4.69) is 0 Å². The fraction of sp³-hybridized carbons (Fsp3) is 0.429. The number of esters is 2. The van der Waals surface area contributed by atoms with Crippen LogP contribution in [0, 0.1) is 0 Å². The zero-order chi connectivity index (χ0) is 14.3. The van der Waals surface area contributed by atoms with Gasteiger partial charge in [0.25, 0.3) is 0 Å². The van der Waals surface area contributed by atoms with Crippen LogP contribution in [0.25, 0.3) is 0 Å². The van der Waals surface area contributed by atoms with Crippen LogP contribution in [-0.4, -0.2) is 24.1 Å².